The topological polar surface area (TPSA) is 52.7 Å². The minimum absolute atomic E-state index is 0.122. The summed E-state index contributed by atoms with van der Waals surface area (Å²) in [6.45, 7) is 4.49. The number of benzene rings is 1. The summed E-state index contributed by atoms with van der Waals surface area (Å²) in [5, 5.41) is 2.90. The van der Waals surface area contributed by atoms with Crippen molar-refractivity contribution in [2.24, 2.45) is 5.92 Å². The van der Waals surface area contributed by atoms with Crippen molar-refractivity contribution in [3.05, 3.63) is 30.3 Å². The fourth-order valence-electron chi connectivity index (χ4n) is 3.58. The molecule has 0 aliphatic carbocycles. The molecule has 2 heterocycles. The van der Waals surface area contributed by atoms with Crippen molar-refractivity contribution in [2.75, 3.05) is 25.0 Å². The molecular weight excluding hydrogens is 290 g/mol. The van der Waals surface area contributed by atoms with E-state index in [1.807, 2.05) is 35.2 Å². The molecule has 1 aromatic carbocycles. The smallest absolute Gasteiger partial charge is 0.322 e. The monoisotopic (exact) mass is 315 g/mol. The standard InChI is InChI=1S/C18H25N3O2/c1-14-7-5-11-20(13-14)17(22)16-10-6-12-21(16)18(23)19-15-8-3-2-4-9-15/h2-4,8-9,14,16H,5-7,10-13H2,1H3,(H,19,23)/t14-,16-/m1/s1. The van der Waals surface area contributed by atoms with E-state index in [0.29, 0.717) is 12.5 Å². The summed E-state index contributed by atoms with van der Waals surface area (Å²) < 4.78 is 0. The van der Waals surface area contributed by atoms with Crippen LogP contribution in [0.15, 0.2) is 30.3 Å². The fraction of sp³-hybridized carbons (Fsp3) is 0.556. The SMILES string of the molecule is C[C@@H]1CCCN(C(=O)[C@H]2CCCN2C(=O)Nc2ccccc2)C1. The van der Waals surface area contributed by atoms with E-state index in [1.54, 1.807) is 4.90 Å². The van der Waals surface area contributed by atoms with Crippen LogP contribution in [-0.4, -0.2) is 47.4 Å². The molecule has 1 aromatic rings. The number of hydrogen-bond acceptors (Lipinski definition) is 2. The third-order valence-corrected chi connectivity index (χ3v) is 4.79. The van der Waals surface area contributed by atoms with Gasteiger partial charge in [0.25, 0.3) is 0 Å². The van der Waals surface area contributed by atoms with Gasteiger partial charge in [0.1, 0.15) is 6.04 Å². The molecule has 0 saturated carbocycles. The summed E-state index contributed by atoms with van der Waals surface area (Å²) >= 11 is 0. The Morgan fingerprint density at radius 2 is 1.83 bits per heavy atom. The number of para-hydroxylation sites is 1. The minimum Gasteiger partial charge on any atom is -0.341 e. The molecule has 3 rings (SSSR count). The molecule has 2 aliphatic heterocycles. The molecule has 0 radical (unpaired) electrons. The molecule has 2 saturated heterocycles. The summed E-state index contributed by atoms with van der Waals surface area (Å²) in [7, 11) is 0. The Bertz CT molecular complexity index is 561. The van der Waals surface area contributed by atoms with E-state index >= 15 is 0 Å². The van der Waals surface area contributed by atoms with Crippen LogP contribution in [0.3, 0.4) is 0 Å². The summed E-state index contributed by atoms with van der Waals surface area (Å²) in [5.41, 5.74) is 0.766. The first-order valence-corrected chi connectivity index (χ1v) is 8.56. The van der Waals surface area contributed by atoms with Crippen LogP contribution >= 0.6 is 0 Å². The third kappa shape index (κ3) is 3.66. The molecule has 5 heteroatoms. The van der Waals surface area contributed by atoms with Gasteiger partial charge in [-0.25, -0.2) is 4.79 Å². The number of likely N-dealkylation sites (tertiary alicyclic amines) is 2. The van der Waals surface area contributed by atoms with Crippen LogP contribution in [0.1, 0.15) is 32.6 Å². The van der Waals surface area contributed by atoms with Gasteiger partial charge in [-0.3, -0.25) is 4.79 Å². The fourth-order valence-corrected chi connectivity index (χ4v) is 3.58. The zero-order valence-corrected chi connectivity index (χ0v) is 13.7. The molecule has 2 aliphatic rings. The average Bonchev–Trinajstić information content (AvgIpc) is 3.05. The van der Waals surface area contributed by atoms with Crippen LogP contribution < -0.4 is 5.32 Å². The van der Waals surface area contributed by atoms with Crippen LogP contribution in [0.4, 0.5) is 10.5 Å². The summed E-state index contributed by atoms with van der Waals surface area (Å²) in [6, 6.07) is 8.93. The van der Waals surface area contributed by atoms with E-state index in [1.165, 1.54) is 6.42 Å². The van der Waals surface area contributed by atoms with Crippen LogP contribution in [-0.2, 0) is 4.79 Å². The van der Waals surface area contributed by atoms with E-state index in [0.717, 1.165) is 38.0 Å². The quantitative estimate of drug-likeness (QED) is 0.912. The van der Waals surface area contributed by atoms with Crippen molar-refractivity contribution in [1.82, 2.24) is 9.80 Å². The van der Waals surface area contributed by atoms with E-state index in [-0.39, 0.29) is 18.0 Å². The van der Waals surface area contributed by atoms with Gasteiger partial charge >= 0.3 is 6.03 Å². The van der Waals surface area contributed by atoms with Gasteiger partial charge in [-0.15, -0.1) is 0 Å². The molecule has 5 nitrogen and oxygen atoms in total. The normalized spacial score (nSPS) is 24.6. The maximum Gasteiger partial charge on any atom is 0.322 e. The molecule has 2 atom stereocenters. The van der Waals surface area contributed by atoms with Gasteiger partial charge in [0.05, 0.1) is 0 Å². The van der Waals surface area contributed by atoms with Gasteiger partial charge in [-0.05, 0) is 43.7 Å². The molecule has 124 valence electrons. The zero-order chi connectivity index (χ0) is 16.2. The lowest BCUT2D eigenvalue weighted by atomic mass is 9.99. The van der Waals surface area contributed by atoms with Gasteiger partial charge in [0.2, 0.25) is 5.91 Å². The first-order chi connectivity index (χ1) is 11.1. The van der Waals surface area contributed by atoms with Crippen LogP contribution in [0.5, 0.6) is 0 Å². The number of carbonyl (C=O) groups excluding carboxylic acids is 2. The molecule has 23 heavy (non-hydrogen) atoms. The maximum absolute atomic E-state index is 12.8. The predicted molar refractivity (Wildman–Crippen MR) is 90.2 cm³/mol. The molecule has 1 N–H and O–H groups in total. The molecule has 0 unspecified atom stereocenters. The zero-order valence-electron chi connectivity index (χ0n) is 13.7. The molecule has 3 amide bonds. The Kier molecular flexibility index (Phi) is 4.84. The van der Waals surface area contributed by atoms with Gasteiger partial charge in [0, 0.05) is 25.3 Å². The highest BCUT2D eigenvalue weighted by Gasteiger charge is 2.37. The van der Waals surface area contributed by atoms with E-state index < -0.39 is 0 Å². The van der Waals surface area contributed by atoms with Crippen molar-refractivity contribution in [1.29, 1.82) is 0 Å². The second-order valence-corrected chi connectivity index (χ2v) is 6.68. The third-order valence-electron chi connectivity index (χ3n) is 4.79. The molecule has 2 fully saturated rings. The first-order valence-electron chi connectivity index (χ1n) is 8.56. The Morgan fingerprint density at radius 3 is 2.57 bits per heavy atom. The second kappa shape index (κ2) is 7.02. The van der Waals surface area contributed by atoms with Gasteiger partial charge in [-0.2, -0.15) is 0 Å². The van der Waals surface area contributed by atoms with Crippen LogP contribution in [0.2, 0.25) is 0 Å². The molecule has 0 bridgehead atoms. The number of nitrogens with one attached hydrogen (secondary N) is 1. The number of hydrogen-bond donors (Lipinski definition) is 1. The number of amides is 3. The van der Waals surface area contributed by atoms with Gasteiger partial charge < -0.3 is 15.1 Å². The highest BCUT2D eigenvalue weighted by molar-refractivity contribution is 5.94. The van der Waals surface area contributed by atoms with Crippen molar-refractivity contribution in [3.8, 4) is 0 Å². The second-order valence-electron chi connectivity index (χ2n) is 6.68. The highest BCUT2D eigenvalue weighted by Crippen LogP contribution is 2.24. The summed E-state index contributed by atoms with van der Waals surface area (Å²) in [6.07, 6.45) is 3.91. The van der Waals surface area contributed by atoms with Gasteiger partial charge in [-0.1, -0.05) is 25.1 Å². The highest BCUT2D eigenvalue weighted by atomic mass is 16.2. The molecule has 0 aromatic heterocycles. The van der Waals surface area contributed by atoms with Crippen molar-refractivity contribution >= 4 is 17.6 Å². The number of anilines is 1. The van der Waals surface area contributed by atoms with Crippen LogP contribution in [0, 0.1) is 5.92 Å². The van der Waals surface area contributed by atoms with Crippen molar-refractivity contribution in [2.45, 2.75) is 38.6 Å². The Hall–Kier alpha value is -2.04. The lowest BCUT2D eigenvalue weighted by Gasteiger charge is -2.35. The molecule has 0 spiro atoms. The summed E-state index contributed by atoms with van der Waals surface area (Å²) in [4.78, 5) is 29.0. The Labute approximate surface area is 137 Å². The van der Waals surface area contributed by atoms with Gasteiger partial charge in [0.15, 0.2) is 0 Å². The summed E-state index contributed by atoms with van der Waals surface area (Å²) in [5.74, 6) is 0.679. The van der Waals surface area contributed by atoms with E-state index in [2.05, 4.69) is 12.2 Å². The van der Waals surface area contributed by atoms with E-state index in [4.69, 9.17) is 0 Å². The minimum atomic E-state index is -0.302. The van der Waals surface area contributed by atoms with Crippen molar-refractivity contribution < 1.29 is 9.59 Å². The number of carbonyl (C=O) groups is 2. The lowest BCUT2D eigenvalue weighted by molar-refractivity contribution is -0.136. The van der Waals surface area contributed by atoms with Crippen molar-refractivity contribution in [3.63, 3.8) is 0 Å². The Morgan fingerprint density at radius 1 is 1.09 bits per heavy atom. The lowest BCUT2D eigenvalue weighted by Crippen LogP contribution is -2.51. The van der Waals surface area contributed by atoms with Crippen LogP contribution in [0.25, 0.3) is 0 Å². The number of rotatable bonds is 2. The Balaban J connectivity index is 1.65. The maximum atomic E-state index is 12.8. The first kappa shape index (κ1) is 15.8. The average molecular weight is 315 g/mol. The number of urea groups is 1. The largest absolute Gasteiger partial charge is 0.341 e. The molecular formula is C18H25N3O2. The number of nitrogens with zero attached hydrogens (tertiary/aromatic N) is 2. The number of piperidine rings is 1. The van der Waals surface area contributed by atoms with E-state index in [9.17, 15) is 9.59 Å². The predicted octanol–water partition coefficient (Wildman–Crippen LogP) is 2.94.